The van der Waals surface area contributed by atoms with Crippen molar-refractivity contribution in [1.82, 2.24) is 30.4 Å². The third-order valence-electron chi connectivity index (χ3n) is 5.13. The highest BCUT2D eigenvalue weighted by Gasteiger charge is 2.54. The number of phenolic OH excluding ortho intramolecular Hbond substituents is 1. The maximum Gasteiger partial charge on any atom is 0.352 e. The van der Waals surface area contributed by atoms with Crippen molar-refractivity contribution in [2.24, 2.45) is 5.16 Å². The minimum Gasteiger partial charge on any atom is -0.508 e. The minimum atomic E-state index is -1.34. The SMILES string of the molecule is O=C(O)Cn1nnnc1SCC1=C(C(=O)O)N2C(=O)C(NC(=O)/C(=N/O)c3cccc(O)c3)[C@H]2SC1. The van der Waals surface area contributed by atoms with Gasteiger partial charge in [-0.15, -0.1) is 16.9 Å². The molecule has 1 aromatic carbocycles. The second kappa shape index (κ2) is 10.2. The number of aromatic hydroxyl groups is 1. The van der Waals surface area contributed by atoms with Crippen molar-refractivity contribution in [2.45, 2.75) is 23.1 Å². The monoisotopic (exact) mass is 535 g/mol. The number of thioether (sulfide) groups is 2. The molecule has 0 aliphatic carbocycles. The number of tetrazole rings is 1. The van der Waals surface area contributed by atoms with E-state index in [1.54, 1.807) is 0 Å². The van der Waals surface area contributed by atoms with E-state index in [4.69, 9.17) is 5.11 Å². The number of carbonyl (C=O) groups excluding carboxylic acids is 2. The first-order chi connectivity index (χ1) is 17.2. The number of amides is 2. The van der Waals surface area contributed by atoms with Crippen LogP contribution >= 0.6 is 23.5 Å². The van der Waals surface area contributed by atoms with Gasteiger partial charge >= 0.3 is 11.9 Å². The van der Waals surface area contributed by atoms with Crippen LogP contribution < -0.4 is 5.32 Å². The van der Waals surface area contributed by atoms with Crippen molar-refractivity contribution < 1.29 is 39.7 Å². The van der Waals surface area contributed by atoms with Gasteiger partial charge in [0.05, 0.1) is 0 Å². The number of aromatic nitrogens is 4. The molecule has 3 heterocycles. The van der Waals surface area contributed by atoms with Crippen LogP contribution in [0.2, 0.25) is 0 Å². The van der Waals surface area contributed by atoms with Gasteiger partial charge in [-0.05, 0) is 28.1 Å². The topological polar surface area (TPSA) is 220 Å². The van der Waals surface area contributed by atoms with Crippen LogP contribution in [0.25, 0.3) is 0 Å². The van der Waals surface area contributed by atoms with E-state index in [-0.39, 0.29) is 33.7 Å². The molecule has 1 aromatic heterocycles. The van der Waals surface area contributed by atoms with Crippen LogP contribution in [0.5, 0.6) is 5.75 Å². The summed E-state index contributed by atoms with van der Waals surface area (Å²) in [6.07, 6.45) is 0. The largest absolute Gasteiger partial charge is 0.508 e. The molecule has 4 rings (SSSR count). The third-order valence-corrected chi connectivity index (χ3v) is 7.51. The van der Waals surface area contributed by atoms with Crippen molar-refractivity contribution in [3.05, 3.63) is 41.1 Å². The van der Waals surface area contributed by atoms with Gasteiger partial charge in [-0.2, -0.15) is 0 Å². The summed E-state index contributed by atoms with van der Waals surface area (Å²) in [6, 6.07) is 4.38. The molecule has 2 aliphatic rings. The summed E-state index contributed by atoms with van der Waals surface area (Å²) in [6.45, 7) is -0.468. The Balaban J connectivity index is 1.48. The Morgan fingerprint density at radius 3 is 2.72 bits per heavy atom. The molecule has 0 saturated carbocycles. The van der Waals surface area contributed by atoms with Gasteiger partial charge in [0.15, 0.2) is 5.71 Å². The number of hydrogen-bond acceptors (Lipinski definition) is 12. The standard InChI is InChI=1S/C19H17N7O8S2/c27-10-3-1-2-8(4-10)12(22-34)15(30)20-13-16(31)26-14(18(32)33)9(6-35-17(13)26)7-36-19-21-23-24-25(19)5-11(28)29/h1-4,13,17,27,34H,5-7H2,(H,20,30)(H,28,29)(H,32,33)/b22-12+/t13?,17-/m1/s1. The molecule has 0 spiro atoms. The van der Waals surface area contributed by atoms with Crippen molar-refractivity contribution in [3.63, 3.8) is 0 Å². The Labute approximate surface area is 209 Å². The van der Waals surface area contributed by atoms with Crippen molar-refractivity contribution >= 4 is 53.0 Å². The quantitative estimate of drug-likeness (QED) is 0.0871. The van der Waals surface area contributed by atoms with E-state index >= 15 is 0 Å². The molecule has 1 fully saturated rings. The summed E-state index contributed by atoms with van der Waals surface area (Å²) >= 11 is 2.25. The molecular formula is C19H17N7O8S2. The van der Waals surface area contributed by atoms with Crippen LogP contribution in [0.15, 0.2) is 45.8 Å². The smallest absolute Gasteiger partial charge is 0.352 e. The number of nitrogens with one attached hydrogen (secondary N) is 1. The number of fused-ring (bicyclic) bond motifs is 1. The van der Waals surface area contributed by atoms with E-state index in [1.165, 1.54) is 36.0 Å². The highest BCUT2D eigenvalue weighted by molar-refractivity contribution is 8.01. The molecule has 188 valence electrons. The van der Waals surface area contributed by atoms with Crippen molar-refractivity contribution in [2.75, 3.05) is 11.5 Å². The number of β-lactam (4-membered cyclic amide) rings is 1. The van der Waals surface area contributed by atoms with Crippen LogP contribution in [0.3, 0.4) is 0 Å². The molecule has 0 bridgehead atoms. The molecule has 0 radical (unpaired) electrons. The molecule has 36 heavy (non-hydrogen) atoms. The zero-order chi connectivity index (χ0) is 26.0. The van der Waals surface area contributed by atoms with E-state index in [0.717, 1.165) is 21.3 Å². The summed E-state index contributed by atoms with van der Waals surface area (Å²) < 4.78 is 1.06. The lowest BCUT2D eigenvalue weighted by Gasteiger charge is -2.49. The van der Waals surface area contributed by atoms with E-state index in [9.17, 15) is 34.6 Å². The van der Waals surface area contributed by atoms with E-state index in [0.29, 0.717) is 5.57 Å². The first kappa shape index (κ1) is 25.0. The molecule has 17 heteroatoms. The number of carboxylic acid groups (broad SMARTS) is 2. The Morgan fingerprint density at radius 1 is 1.28 bits per heavy atom. The summed E-state index contributed by atoms with van der Waals surface area (Å²) in [4.78, 5) is 49.5. The molecule has 1 unspecified atom stereocenters. The highest BCUT2D eigenvalue weighted by Crippen LogP contribution is 2.41. The maximum absolute atomic E-state index is 12.9. The van der Waals surface area contributed by atoms with E-state index in [1.807, 2.05) is 0 Å². The summed E-state index contributed by atoms with van der Waals surface area (Å²) in [7, 11) is 0. The van der Waals surface area contributed by atoms with E-state index in [2.05, 4.69) is 26.0 Å². The first-order valence-corrected chi connectivity index (χ1v) is 12.1. The number of oxime groups is 1. The van der Waals surface area contributed by atoms with Gasteiger partial charge in [-0.25, -0.2) is 9.48 Å². The van der Waals surface area contributed by atoms with Gasteiger partial charge < -0.3 is 25.8 Å². The van der Waals surface area contributed by atoms with Gasteiger partial charge in [-0.3, -0.25) is 19.3 Å². The van der Waals surface area contributed by atoms with Crippen LogP contribution in [-0.4, -0.2) is 98.0 Å². The van der Waals surface area contributed by atoms with E-state index < -0.39 is 47.4 Å². The maximum atomic E-state index is 12.9. The number of rotatable bonds is 9. The highest BCUT2D eigenvalue weighted by atomic mass is 32.2. The molecule has 2 aromatic rings. The average molecular weight is 536 g/mol. The average Bonchev–Trinajstić information content (AvgIpc) is 3.27. The molecule has 2 aliphatic heterocycles. The predicted octanol–water partition coefficient (Wildman–Crippen LogP) is -0.827. The molecule has 2 amide bonds. The number of nitrogens with zero attached hydrogens (tertiary/aromatic N) is 6. The molecule has 15 nitrogen and oxygen atoms in total. The fourth-order valence-corrected chi connectivity index (χ4v) is 5.93. The number of aliphatic carboxylic acids is 2. The predicted molar refractivity (Wildman–Crippen MR) is 122 cm³/mol. The van der Waals surface area contributed by atoms with Gasteiger partial charge in [0.2, 0.25) is 5.16 Å². The Kier molecular flexibility index (Phi) is 7.11. The molecule has 2 atom stereocenters. The minimum absolute atomic E-state index is 0.0843. The fourth-order valence-electron chi connectivity index (χ4n) is 3.57. The van der Waals surface area contributed by atoms with Crippen LogP contribution in [0, 0.1) is 0 Å². The lowest BCUT2D eigenvalue weighted by atomic mass is 10.0. The zero-order valence-corrected chi connectivity index (χ0v) is 19.6. The van der Waals surface area contributed by atoms with Crippen LogP contribution in [0.4, 0.5) is 0 Å². The number of carbonyl (C=O) groups is 4. The second-order valence-corrected chi connectivity index (χ2v) is 9.47. The van der Waals surface area contributed by atoms with Gasteiger partial charge in [0, 0.05) is 17.1 Å². The molecule has 5 N–H and O–H groups in total. The Hall–Kier alpha value is -4.12. The molecular weight excluding hydrogens is 518 g/mol. The van der Waals surface area contributed by atoms with Crippen LogP contribution in [-0.2, 0) is 25.7 Å². The lowest BCUT2D eigenvalue weighted by molar-refractivity contribution is -0.150. The number of benzene rings is 1. The summed E-state index contributed by atoms with van der Waals surface area (Å²) in [5.74, 6) is -3.89. The van der Waals surface area contributed by atoms with Crippen molar-refractivity contribution in [1.29, 1.82) is 0 Å². The van der Waals surface area contributed by atoms with Crippen LogP contribution in [0.1, 0.15) is 5.56 Å². The summed E-state index contributed by atoms with van der Waals surface area (Å²) in [5, 5.41) is 53.3. The number of phenols is 1. The second-order valence-electron chi connectivity index (χ2n) is 7.42. The third kappa shape index (κ3) is 4.82. The molecule has 1 saturated heterocycles. The fraction of sp³-hybridized carbons (Fsp3) is 0.263. The number of carboxylic acids is 2. The first-order valence-electron chi connectivity index (χ1n) is 10.0. The van der Waals surface area contributed by atoms with Gasteiger partial charge in [0.1, 0.15) is 29.4 Å². The normalized spacial score (nSPS) is 19.5. The Bertz CT molecular complexity index is 1310. The Morgan fingerprint density at radius 2 is 2.06 bits per heavy atom. The lowest BCUT2D eigenvalue weighted by Crippen LogP contribution is -2.71. The zero-order valence-electron chi connectivity index (χ0n) is 18.0. The van der Waals surface area contributed by atoms with Crippen molar-refractivity contribution in [3.8, 4) is 5.75 Å². The van der Waals surface area contributed by atoms with Gasteiger partial charge in [-0.1, -0.05) is 29.1 Å². The summed E-state index contributed by atoms with van der Waals surface area (Å²) in [5.41, 5.74) is -0.147. The van der Waals surface area contributed by atoms with Gasteiger partial charge in [0.25, 0.3) is 11.8 Å². The number of hydrogen-bond donors (Lipinski definition) is 5.